The lowest BCUT2D eigenvalue weighted by Crippen LogP contribution is -2.45. The van der Waals surface area contributed by atoms with Crippen LogP contribution in [0.4, 0.5) is 0 Å². The van der Waals surface area contributed by atoms with Gasteiger partial charge < -0.3 is 19.7 Å². The molecule has 4 rings (SSSR count). The number of hydrogen-bond donors (Lipinski definition) is 2. The highest BCUT2D eigenvalue weighted by molar-refractivity contribution is 5.91. The largest absolute Gasteiger partial charge is 0.387 e. The van der Waals surface area contributed by atoms with Crippen molar-refractivity contribution in [2.75, 3.05) is 46.4 Å². The molecule has 0 saturated carbocycles. The predicted octanol–water partition coefficient (Wildman–Crippen LogP) is 2.66. The molecular weight excluding hydrogens is 366 g/mol. The summed E-state index contributed by atoms with van der Waals surface area (Å²) in [5, 5.41) is 12.1. The Morgan fingerprint density at radius 2 is 1.83 bits per heavy atom. The van der Waals surface area contributed by atoms with E-state index in [0.29, 0.717) is 32.8 Å². The van der Waals surface area contributed by atoms with Crippen LogP contribution < -0.4 is 0 Å². The Morgan fingerprint density at radius 1 is 1.14 bits per heavy atom. The smallest absolute Gasteiger partial charge is 0.236 e. The van der Waals surface area contributed by atoms with Crippen LogP contribution in [0.5, 0.6) is 0 Å². The maximum Gasteiger partial charge on any atom is 0.236 e. The molecule has 1 aromatic heterocycles. The van der Waals surface area contributed by atoms with Crippen molar-refractivity contribution in [2.24, 2.45) is 0 Å². The third-order valence-electron chi connectivity index (χ3n) is 5.40. The number of nitrogens with one attached hydrogen (secondary N) is 1. The number of benzene rings is 2. The molecule has 2 N–H and O–H groups in total. The summed E-state index contributed by atoms with van der Waals surface area (Å²) in [4.78, 5) is 19.7. The number of aliphatic hydroxyl groups is 1. The maximum absolute atomic E-state index is 12.5. The molecule has 6 nitrogen and oxygen atoms in total. The summed E-state index contributed by atoms with van der Waals surface area (Å²) in [5.41, 5.74) is 3.82. The summed E-state index contributed by atoms with van der Waals surface area (Å²) in [5.74, 6) is 0.0743. The number of nitrogens with zero attached hydrogens (tertiary/aromatic N) is 2. The van der Waals surface area contributed by atoms with Crippen molar-refractivity contribution in [3.8, 4) is 11.3 Å². The molecule has 2 heterocycles. The molecule has 1 atom stereocenters. The van der Waals surface area contributed by atoms with E-state index in [1.54, 1.807) is 0 Å². The van der Waals surface area contributed by atoms with Gasteiger partial charge in [-0.1, -0.05) is 48.5 Å². The highest BCUT2D eigenvalue weighted by atomic mass is 16.5. The molecule has 152 valence electrons. The lowest BCUT2D eigenvalue weighted by atomic mass is 10.0. The zero-order valence-corrected chi connectivity index (χ0v) is 16.7. The van der Waals surface area contributed by atoms with Gasteiger partial charge in [0.05, 0.1) is 31.6 Å². The first-order chi connectivity index (χ1) is 14.1. The number of likely N-dealkylation sites (N-methyl/N-ethyl adjacent to an activating group) is 1. The summed E-state index contributed by atoms with van der Waals surface area (Å²) >= 11 is 0. The Hall–Kier alpha value is -2.67. The van der Waals surface area contributed by atoms with Gasteiger partial charge in [-0.2, -0.15) is 0 Å². The summed E-state index contributed by atoms with van der Waals surface area (Å²) < 4.78 is 5.31. The number of aliphatic hydroxyl groups excluding tert-OH is 1. The third-order valence-corrected chi connectivity index (χ3v) is 5.40. The Morgan fingerprint density at radius 3 is 2.59 bits per heavy atom. The van der Waals surface area contributed by atoms with E-state index in [1.807, 2.05) is 71.4 Å². The van der Waals surface area contributed by atoms with E-state index in [4.69, 9.17) is 4.74 Å². The molecule has 1 fully saturated rings. The number of morpholine rings is 1. The Kier molecular flexibility index (Phi) is 5.94. The van der Waals surface area contributed by atoms with Gasteiger partial charge in [-0.05, 0) is 18.7 Å². The number of H-pyrrole nitrogens is 1. The van der Waals surface area contributed by atoms with Gasteiger partial charge in [0.25, 0.3) is 0 Å². The molecule has 29 heavy (non-hydrogen) atoms. The van der Waals surface area contributed by atoms with E-state index >= 15 is 0 Å². The van der Waals surface area contributed by atoms with Gasteiger partial charge in [-0.15, -0.1) is 0 Å². The van der Waals surface area contributed by atoms with Crippen LogP contribution in [-0.2, 0) is 9.53 Å². The van der Waals surface area contributed by atoms with Crippen LogP contribution in [-0.4, -0.2) is 72.2 Å². The number of aromatic amines is 1. The van der Waals surface area contributed by atoms with Crippen LogP contribution in [0.25, 0.3) is 22.2 Å². The number of ether oxygens (including phenoxy) is 1. The molecule has 1 saturated heterocycles. The quantitative estimate of drug-likeness (QED) is 0.676. The van der Waals surface area contributed by atoms with Gasteiger partial charge in [0.2, 0.25) is 5.91 Å². The highest BCUT2D eigenvalue weighted by Gasteiger charge is 2.23. The molecule has 1 aliphatic heterocycles. The number of amides is 1. The summed E-state index contributed by atoms with van der Waals surface area (Å²) in [6, 6.07) is 18.0. The fourth-order valence-electron chi connectivity index (χ4n) is 3.94. The minimum absolute atomic E-state index is 0.0743. The van der Waals surface area contributed by atoms with E-state index in [9.17, 15) is 9.90 Å². The zero-order chi connectivity index (χ0) is 20.2. The Balaban J connectivity index is 1.54. The first kappa shape index (κ1) is 19.6. The highest BCUT2D eigenvalue weighted by Crippen LogP contribution is 2.34. The van der Waals surface area contributed by atoms with Crippen molar-refractivity contribution in [3.05, 3.63) is 60.2 Å². The summed E-state index contributed by atoms with van der Waals surface area (Å²) in [6.45, 7) is 3.10. The standard InChI is InChI=1S/C23H27N3O3/c1-25(16-21(28)26-11-13-29-14-12-26)15-20(27)22-18-9-5-6-10-19(18)24-23(22)17-7-3-2-4-8-17/h2-10,20,24,27H,11-16H2,1H3. The molecule has 3 aromatic rings. The van der Waals surface area contributed by atoms with E-state index < -0.39 is 6.10 Å². The minimum atomic E-state index is -0.719. The maximum atomic E-state index is 12.5. The Bertz CT molecular complexity index is 964. The normalized spacial score (nSPS) is 15.8. The lowest BCUT2D eigenvalue weighted by molar-refractivity contribution is -0.136. The first-order valence-corrected chi connectivity index (χ1v) is 10.0. The van der Waals surface area contributed by atoms with E-state index in [2.05, 4.69) is 4.98 Å². The fourth-order valence-corrected chi connectivity index (χ4v) is 3.94. The summed E-state index contributed by atoms with van der Waals surface area (Å²) in [6.07, 6.45) is -0.719. The van der Waals surface area contributed by atoms with Gasteiger partial charge in [0.1, 0.15) is 0 Å². The van der Waals surface area contributed by atoms with Crippen LogP contribution in [0.3, 0.4) is 0 Å². The second-order valence-corrected chi connectivity index (χ2v) is 7.53. The average molecular weight is 393 g/mol. The average Bonchev–Trinajstić information content (AvgIpc) is 3.14. The van der Waals surface area contributed by atoms with Gasteiger partial charge in [-0.25, -0.2) is 0 Å². The van der Waals surface area contributed by atoms with Crippen LogP contribution in [0, 0.1) is 0 Å². The monoisotopic (exact) mass is 393 g/mol. The molecular formula is C23H27N3O3. The number of carbonyl (C=O) groups excluding carboxylic acids is 1. The minimum Gasteiger partial charge on any atom is -0.387 e. The summed E-state index contributed by atoms with van der Waals surface area (Å²) in [7, 11) is 1.87. The van der Waals surface area contributed by atoms with Crippen molar-refractivity contribution >= 4 is 16.8 Å². The van der Waals surface area contributed by atoms with Crippen LogP contribution in [0.1, 0.15) is 11.7 Å². The lowest BCUT2D eigenvalue weighted by Gasteiger charge is -2.29. The molecule has 6 heteroatoms. The number of aromatic nitrogens is 1. The van der Waals surface area contributed by atoms with Crippen LogP contribution >= 0.6 is 0 Å². The van der Waals surface area contributed by atoms with E-state index in [0.717, 1.165) is 27.7 Å². The van der Waals surface area contributed by atoms with Gasteiger partial charge in [0, 0.05) is 36.1 Å². The number of para-hydroxylation sites is 1. The van der Waals surface area contributed by atoms with Crippen LogP contribution in [0.15, 0.2) is 54.6 Å². The molecule has 0 spiro atoms. The van der Waals surface area contributed by atoms with Crippen molar-refractivity contribution < 1.29 is 14.6 Å². The molecule has 2 aromatic carbocycles. The van der Waals surface area contributed by atoms with Gasteiger partial charge >= 0.3 is 0 Å². The SMILES string of the molecule is CN(CC(=O)N1CCOCC1)CC(O)c1c(-c2ccccc2)[nH]c2ccccc12. The zero-order valence-electron chi connectivity index (χ0n) is 16.7. The molecule has 1 amide bonds. The molecule has 0 aliphatic carbocycles. The molecule has 0 radical (unpaired) electrons. The molecule has 0 bridgehead atoms. The number of carbonyl (C=O) groups is 1. The van der Waals surface area contributed by atoms with Crippen molar-refractivity contribution in [2.45, 2.75) is 6.10 Å². The second-order valence-electron chi connectivity index (χ2n) is 7.53. The van der Waals surface area contributed by atoms with E-state index in [-0.39, 0.29) is 12.5 Å². The Labute approximate surface area is 170 Å². The third kappa shape index (κ3) is 4.34. The number of fused-ring (bicyclic) bond motifs is 1. The topological polar surface area (TPSA) is 68.8 Å². The fraction of sp³-hybridized carbons (Fsp3) is 0.348. The first-order valence-electron chi connectivity index (χ1n) is 10.0. The second kappa shape index (κ2) is 8.78. The number of hydrogen-bond acceptors (Lipinski definition) is 4. The molecule has 1 aliphatic rings. The molecule has 1 unspecified atom stereocenters. The van der Waals surface area contributed by atoms with Crippen molar-refractivity contribution in [1.82, 2.24) is 14.8 Å². The van der Waals surface area contributed by atoms with Gasteiger partial charge in [0.15, 0.2) is 0 Å². The van der Waals surface area contributed by atoms with Crippen LogP contribution in [0.2, 0.25) is 0 Å². The van der Waals surface area contributed by atoms with Gasteiger partial charge in [-0.3, -0.25) is 9.69 Å². The van der Waals surface area contributed by atoms with Crippen molar-refractivity contribution in [1.29, 1.82) is 0 Å². The number of rotatable bonds is 6. The van der Waals surface area contributed by atoms with E-state index in [1.165, 1.54) is 0 Å². The predicted molar refractivity (Wildman–Crippen MR) is 114 cm³/mol. The van der Waals surface area contributed by atoms with Crippen molar-refractivity contribution in [3.63, 3.8) is 0 Å².